The SMILES string of the molecule is CCOc1ccc(OCC(=O)N2CC(C(=O)O)O[C@H](C)C2)cc1. The van der Waals surface area contributed by atoms with Crippen LogP contribution in [-0.2, 0) is 14.3 Å². The van der Waals surface area contributed by atoms with Crippen molar-refractivity contribution in [3.8, 4) is 11.5 Å². The van der Waals surface area contributed by atoms with E-state index >= 15 is 0 Å². The number of carbonyl (C=O) groups excluding carboxylic acids is 1. The first-order valence-corrected chi connectivity index (χ1v) is 7.51. The third kappa shape index (κ3) is 4.85. The van der Waals surface area contributed by atoms with Crippen LogP contribution in [0.3, 0.4) is 0 Å². The maximum Gasteiger partial charge on any atom is 0.334 e. The lowest BCUT2D eigenvalue weighted by atomic mass is 10.2. The van der Waals surface area contributed by atoms with Crippen molar-refractivity contribution in [2.75, 3.05) is 26.3 Å². The van der Waals surface area contributed by atoms with Gasteiger partial charge in [-0.3, -0.25) is 4.79 Å². The number of carbonyl (C=O) groups is 2. The number of ether oxygens (including phenoxy) is 3. The fourth-order valence-electron chi connectivity index (χ4n) is 2.33. The summed E-state index contributed by atoms with van der Waals surface area (Å²) in [4.78, 5) is 24.7. The second-order valence-electron chi connectivity index (χ2n) is 5.27. The molecule has 1 aliphatic rings. The second-order valence-corrected chi connectivity index (χ2v) is 5.27. The van der Waals surface area contributed by atoms with Crippen LogP contribution in [0.5, 0.6) is 11.5 Å². The van der Waals surface area contributed by atoms with Crippen LogP contribution in [0, 0.1) is 0 Å². The van der Waals surface area contributed by atoms with Crippen LogP contribution in [-0.4, -0.2) is 60.4 Å². The van der Waals surface area contributed by atoms with Gasteiger partial charge in [0.1, 0.15) is 11.5 Å². The Morgan fingerprint density at radius 1 is 1.22 bits per heavy atom. The van der Waals surface area contributed by atoms with Crippen LogP contribution in [0.15, 0.2) is 24.3 Å². The fraction of sp³-hybridized carbons (Fsp3) is 0.500. The number of rotatable bonds is 6. The molecule has 1 saturated heterocycles. The molecule has 0 spiro atoms. The van der Waals surface area contributed by atoms with Crippen LogP contribution in [0.1, 0.15) is 13.8 Å². The van der Waals surface area contributed by atoms with Crippen molar-refractivity contribution >= 4 is 11.9 Å². The van der Waals surface area contributed by atoms with Crippen molar-refractivity contribution in [2.24, 2.45) is 0 Å². The van der Waals surface area contributed by atoms with E-state index in [1.807, 2.05) is 6.92 Å². The molecular formula is C16H21NO6. The molecule has 0 aromatic heterocycles. The van der Waals surface area contributed by atoms with Gasteiger partial charge in [0.2, 0.25) is 0 Å². The van der Waals surface area contributed by atoms with E-state index < -0.39 is 12.1 Å². The minimum atomic E-state index is -1.07. The molecule has 2 rings (SSSR count). The van der Waals surface area contributed by atoms with Crippen molar-refractivity contribution < 1.29 is 28.9 Å². The highest BCUT2D eigenvalue weighted by molar-refractivity contribution is 5.80. The summed E-state index contributed by atoms with van der Waals surface area (Å²) in [6.45, 7) is 4.46. The summed E-state index contributed by atoms with van der Waals surface area (Å²) in [6, 6.07) is 6.97. The average molecular weight is 323 g/mol. The zero-order valence-corrected chi connectivity index (χ0v) is 13.2. The van der Waals surface area contributed by atoms with Crippen LogP contribution in [0.2, 0.25) is 0 Å². The van der Waals surface area contributed by atoms with Crippen molar-refractivity contribution in [1.82, 2.24) is 4.90 Å². The van der Waals surface area contributed by atoms with Gasteiger partial charge < -0.3 is 24.2 Å². The molecule has 7 nitrogen and oxygen atoms in total. The lowest BCUT2D eigenvalue weighted by Gasteiger charge is -2.34. The summed E-state index contributed by atoms with van der Waals surface area (Å²) in [7, 11) is 0. The van der Waals surface area contributed by atoms with E-state index in [0.29, 0.717) is 18.9 Å². The molecule has 126 valence electrons. The minimum Gasteiger partial charge on any atom is -0.494 e. The van der Waals surface area contributed by atoms with Crippen LogP contribution >= 0.6 is 0 Å². The molecule has 0 radical (unpaired) electrons. The average Bonchev–Trinajstić information content (AvgIpc) is 2.53. The number of aliphatic carboxylic acids is 1. The third-order valence-electron chi connectivity index (χ3n) is 3.39. The standard InChI is InChI=1S/C16H21NO6/c1-3-21-12-4-6-13(7-5-12)22-10-15(18)17-8-11(2)23-14(9-17)16(19)20/h4-7,11,14H,3,8-10H2,1-2H3,(H,19,20)/t11-,14?/m1/s1. The lowest BCUT2D eigenvalue weighted by molar-refractivity contribution is -0.167. The lowest BCUT2D eigenvalue weighted by Crippen LogP contribution is -2.52. The number of amides is 1. The molecule has 1 amide bonds. The monoisotopic (exact) mass is 323 g/mol. The van der Waals surface area contributed by atoms with E-state index in [0.717, 1.165) is 5.75 Å². The zero-order chi connectivity index (χ0) is 16.8. The Balaban J connectivity index is 1.87. The van der Waals surface area contributed by atoms with Gasteiger partial charge in [-0.2, -0.15) is 0 Å². The summed E-state index contributed by atoms with van der Waals surface area (Å²) in [5, 5.41) is 9.03. The molecule has 0 aliphatic carbocycles. The van der Waals surface area contributed by atoms with Gasteiger partial charge in [0.25, 0.3) is 5.91 Å². The van der Waals surface area contributed by atoms with Crippen LogP contribution < -0.4 is 9.47 Å². The Bertz CT molecular complexity index is 544. The molecule has 1 aromatic carbocycles. The first-order chi connectivity index (χ1) is 11.0. The molecule has 1 heterocycles. The van der Waals surface area contributed by atoms with Gasteiger partial charge in [0.15, 0.2) is 12.7 Å². The second kappa shape index (κ2) is 7.82. The summed E-state index contributed by atoms with van der Waals surface area (Å²) < 4.78 is 16.1. The number of hydrogen-bond donors (Lipinski definition) is 1. The molecule has 1 fully saturated rings. The predicted octanol–water partition coefficient (Wildman–Crippen LogP) is 1.16. The van der Waals surface area contributed by atoms with E-state index in [-0.39, 0.29) is 25.2 Å². The predicted molar refractivity (Wildman–Crippen MR) is 81.7 cm³/mol. The molecule has 2 atom stereocenters. The van der Waals surface area contributed by atoms with Gasteiger partial charge in [-0.1, -0.05) is 0 Å². The van der Waals surface area contributed by atoms with E-state index in [2.05, 4.69) is 0 Å². The van der Waals surface area contributed by atoms with Gasteiger partial charge in [-0.15, -0.1) is 0 Å². The summed E-state index contributed by atoms with van der Waals surface area (Å²) in [5.74, 6) is -0.0440. The molecule has 0 bridgehead atoms. The quantitative estimate of drug-likeness (QED) is 0.846. The number of hydrogen-bond acceptors (Lipinski definition) is 5. The topological polar surface area (TPSA) is 85.3 Å². The maximum atomic E-state index is 12.2. The Labute approximate surface area is 134 Å². The first kappa shape index (κ1) is 17.1. The highest BCUT2D eigenvalue weighted by Gasteiger charge is 2.32. The largest absolute Gasteiger partial charge is 0.494 e. The molecule has 1 unspecified atom stereocenters. The van der Waals surface area contributed by atoms with Crippen molar-refractivity contribution in [3.63, 3.8) is 0 Å². The smallest absolute Gasteiger partial charge is 0.334 e. The number of morpholine rings is 1. The van der Waals surface area contributed by atoms with Gasteiger partial charge >= 0.3 is 5.97 Å². The molecule has 1 aromatic rings. The molecular weight excluding hydrogens is 302 g/mol. The fourth-order valence-corrected chi connectivity index (χ4v) is 2.33. The minimum absolute atomic E-state index is 0.0329. The van der Waals surface area contributed by atoms with Crippen LogP contribution in [0.4, 0.5) is 0 Å². The number of nitrogens with zero attached hydrogens (tertiary/aromatic N) is 1. The molecule has 0 saturated carbocycles. The number of benzene rings is 1. The number of carboxylic acid groups (broad SMARTS) is 1. The highest BCUT2D eigenvalue weighted by atomic mass is 16.5. The first-order valence-electron chi connectivity index (χ1n) is 7.51. The number of carboxylic acids is 1. The third-order valence-corrected chi connectivity index (χ3v) is 3.39. The van der Waals surface area contributed by atoms with E-state index in [9.17, 15) is 9.59 Å². The molecule has 23 heavy (non-hydrogen) atoms. The summed E-state index contributed by atoms with van der Waals surface area (Å²) >= 11 is 0. The zero-order valence-electron chi connectivity index (χ0n) is 13.2. The van der Waals surface area contributed by atoms with Crippen LogP contribution in [0.25, 0.3) is 0 Å². The van der Waals surface area contributed by atoms with E-state index in [1.54, 1.807) is 31.2 Å². The summed E-state index contributed by atoms with van der Waals surface area (Å²) in [6.07, 6.45) is -1.31. The maximum absolute atomic E-state index is 12.2. The Hall–Kier alpha value is -2.28. The molecule has 7 heteroatoms. The van der Waals surface area contributed by atoms with Crippen molar-refractivity contribution in [1.29, 1.82) is 0 Å². The normalized spacial score (nSPS) is 20.9. The van der Waals surface area contributed by atoms with E-state index in [4.69, 9.17) is 19.3 Å². The van der Waals surface area contributed by atoms with Gasteiger partial charge in [-0.25, -0.2) is 4.79 Å². The molecule has 1 aliphatic heterocycles. The highest BCUT2D eigenvalue weighted by Crippen LogP contribution is 2.18. The van der Waals surface area contributed by atoms with Gasteiger partial charge in [0, 0.05) is 6.54 Å². The Morgan fingerprint density at radius 2 is 1.83 bits per heavy atom. The Morgan fingerprint density at radius 3 is 2.39 bits per heavy atom. The van der Waals surface area contributed by atoms with E-state index in [1.165, 1.54) is 4.90 Å². The van der Waals surface area contributed by atoms with Gasteiger partial charge in [0.05, 0.1) is 19.3 Å². The Kier molecular flexibility index (Phi) is 5.81. The summed E-state index contributed by atoms with van der Waals surface area (Å²) in [5.41, 5.74) is 0. The van der Waals surface area contributed by atoms with Gasteiger partial charge in [-0.05, 0) is 38.1 Å². The van der Waals surface area contributed by atoms with Crippen molar-refractivity contribution in [2.45, 2.75) is 26.1 Å². The molecule has 1 N–H and O–H groups in total. The van der Waals surface area contributed by atoms with Crippen molar-refractivity contribution in [3.05, 3.63) is 24.3 Å².